The molecule has 2 saturated carbocycles. The van der Waals surface area contributed by atoms with Gasteiger partial charge in [0.15, 0.2) is 0 Å². The van der Waals surface area contributed by atoms with Gasteiger partial charge in [0.05, 0.1) is 37.1 Å². The lowest BCUT2D eigenvalue weighted by Gasteiger charge is -2.33. The van der Waals surface area contributed by atoms with Crippen LogP contribution in [0.4, 0.5) is 24.8 Å². The number of amides is 2. The Bertz CT molecular complexity index is 1320. The Morgan fingerprint density at radius 1 is 1.23 bits per heavy atom. The van der Waals surface area contributed by atoms with E-state index in [0.29, 0.717) is 23.4 Å². The number of methoxy groups -OCH3 is 1. The van der Waals surface area contributed by atoms with Gasteiger partial charge in [0.1, 0.15) is 5.75 Å². The Labute approximate surface area is 250 Å². The third-order valence-electron chi connectivity index (χ3n) is 9.76. The summed E-state index contributed by atoms with van der Waals surface area (Å²) in [5, 5.41) is 6.07. The molecule has 2 amide bonds. The molecule has 1 saturated heterocycles. The number of nitrogens with one attached hydrogen (secondary N) is 3. The van der Waals surface area contributed by atoms with Gasteiger partial charge >= 0.3 is 6.18 Å². The van der Waals surface area contributed by atoms with Gasteiger partial charge in [0, 0.05) is 29.6 Å². The molecule has 43 heavy (non-hydrogen) atoms. The van der Waals surface area contributed by atoms with Gasteiger partial charge in [-0.3, -0.25) is 9.69 Å². The monoisotopic (exact) mass is 603 g/mol. The van der Waals surface area contributed by atoms with Gasteiger partial charge in [0.2, 0.25) is 5.95 Å². The molecular formula is C31H42F3N6O3+. The SMILES string of the molecule is COc1cc(C(=O)NC2CCN(C)CC2)ccc1Nc1ncc(C(F)(F)F)c(CC[C@H]2C[C@@]23CCCCC3[NH+](C)C=O)n1. The molecule has 1 aromatic carbocycles. The standard InChI is InChI=1S/C31H41F3N6O3/c1-39-14-11-22(12-15-39)36-28(42)20-7-9-25(26(16-20)43-3)38-29-35-18-23(31(32,33)34)24(37-29)10-8-21-17-30(21)13-5-4-6-27(30)40(2)19-41/h7,9,16,18-19,21-22,27H,4-6,8,10-15,17H2,1-3H3,(H,36,42)(H,35,37,38)/p+1/t21-,27?,30-/m0/s1. The minimum atomic E-state index is -4.58. The van der Waals surface area contributed by atoms with E-state index in [9.17, 15) is 22.8 Å². The van der Waals surface area contributed by atoms with Gasteiger partial charge in [-0.25, -0.2) is 14.8 Å². The molecule has 234 valence electrons. The first-order valence-corrected chi connectivity index (χ1v) is 15.2. The number of benzene rings is 1. The van der Waals surface area contributed by atoms with Crippen molar-refractivity contribution in [2.75, 3.05) is 39.6 Å². The zero-order valence-electron chi connectivity index (χ0n) is 25.1. The van der Waals surface area contributed by atoms with Crippen LogP contribution >= 0.6 is 0 Å². The van der Waals surface area contributed by atoms with Crippen LogP contribution in [0.15, 0.2) is 24.4 Å². The van der Waals surface area contributed by atoms with Gasteiger partial charge in [-0.15, -0.1) is 0 Å². The molecule has 2 heterocycles. The van der Waals surface area contributed by atoms with E-state index in [4.69, 9.17) is 4.74 Å². The first kappa shape index (κ1) is 31.2. The normalized spacial score (nSPS) is 25.3. The summed E-state index contributed by atoms with van der Waals surface area (Å²) in [6, 6.07) is 5.21. The molecule has 3 N–H and O–H groups in total. The number of likely N-dealkylation sites (tertiary alicyclic amines) is 1. The number of aryl methyl sites for hydroxylation is 1. The smallest absolute Gasteiger partial charge is 0.419 e. The highest BCUT2D eigenvalue weighted by Gasteiger charge is 2.62. The van der Waals surface area contributed by atoms with E-state index in [1.807, 2.05) is 7.05 Å². The van der Waals surface area contributed by atoms with Gasteiger partial charge in [-0.1, -0.05) is 6.42 Å². The fraction of sp³-hybridized carbons (Fsp3) is 0.613. The highest BCUT2D eigenvalue weighted by atomic mass is 19.4. The molecule has 0 bridgehead atoms. The average molecular weight is 604 g/mol. The van der Waals surface area contributed by atoms with Crippen molar-refractivity contribution in [1.29, 1.82) is 0 Å². The summed E-state index contributed by atoms with van der Waals surface area (Å²) < 4.78 is 47.3. The largest absolute Gasteiger partial charge is 0.495 e. The second kappa shape index (κ2) is 12.8. The minimum absolute atomic E-state index is 0.0241. The molecule has 1 aliphatic heterocycles. The molecular weight excluding hydrogens is 561 g/mol. The van der Waals surface area contributed by atoms with E-state index in [1.165, 1.54) is 7.11 Å². The molecule has 1 spiro atoms. The molecule has 3 fully saturated rings. The van der Waals surface area contributed by atoms with E-state index in [-0.39, 0.29) is 47.4 Å². The summed E-state index contributed by atoms with van der Waals surface area (Å²) in [7, 11) is 5.41. The number of nitrogens with zero attached hydrogens (tertiary/aromatic N) is 3. The predicted octanol–water partition coefficient (Wildman–Crippen LogP) is 3.62. The van der Waals surface area contributed by atoms with Crippen molar-refractivity contribution in [3.63, 3.8) is 0 Å². The zero-order chi connectivity index (χ0) is 30.8. The lowest BCUT2D eigenvalue weighted by atomic mass is 9.78. The van der Waals surface area contributed by atoms with E-state index in [0.717, 1.165) is 75.5 Å². The first-order chi connectivity index (χ1) is 20.5. The fourth-order valence-corrected chi connectivity index (χ4v) is 7.24. The van der Waals surface area contributed by atoms with Crippen LogP contribution in [-0.2, 0) is 17.4 Å². The Hall–Kier alpha value is -3.25. The van der Waals surface area contributed by atoms with Crippen molar-refractivity contribution in [2.24, 2.45) is 11.3 Å². The fourth-order valence-electron chi connectivity index (χ4n) is 7.24. The zero-order valence-corrected chi connectivity index (χ0v) is 25.1. The minimum Gasteiger partial charge on any atom is -0.495 e. The maximum atomic E-state index is 13.9. The van der Waals surface area contributed by atoms with Crippen molar-refractivity contribution in [2.45, 2.75) is 76.0 Å². The second-order valence-electron chi connectivity index (χ2n) is 12.5. The first-order valence-electron chi connectivity index (χ1n) is 15.2. The number of carbonyl (C=O) groups excluding carboxylic acids is 2. The summed E-state index contributed by atoms with van der Waals surface area (Å²) in [6.07, 6.45) is 4.80. The topological polar surface area (TPSA) is 101 Å². The number of aromatic nitrogens is 2. The average Bonchev–Trinajstić information content (AvgIpc) is 3.68. The molecule has 2 aromatic rings. The molecule has 3 aliphatic rings. The third kappa shape index (κ3) is 6.95. The van der Waals surface area contributed by atoms with Crippen molar-refractivity contribution >= 4 is 24.0 Å². The molecule has 12 heteroatoms. The van der Waals surface area contributed by atoms with Crippen LogP contribution in [0.2, 0.25) is 0 Å². The molecule has 2 aliphatic carbocycles. The Morgan fingerprint density at radius 3 is 2.70 bits per heavy atom. The molecule has 1 aromatic heterocycles. The van der Waals surface area contributed by atoms with Crippen LogP contribution in [0.3, 0.4) is 0 Å². The van der Waals surface area contributed by atoms with E-state index in [2.05, 4.69) is 32.5 Å². The number of halogens is 3. The van der Waals surface area contributed by atoms with E-state index < -0.39 is 11.7 Å². The van der Waals surface area contributed by atoms with Crippen LogP contribution < -0.4 is 20.3 Å². The van der Waals surface area contributed by atoms with Crippen molar-refractivity contribution in [1.82, 2.24) is 20.2 Å². The molecule has 2 unspecified atom stereocenters. The highest BCUT2D eigenvalue weighted by molar-refractivity contribution is 5.95. The van der Waals surface area contributed by atoms with Gasteiger partial charge in [-0.2, -0.15) is 13.2 Å². The molecule has 0 radical (unpaired) electrons. The lowest BCUT2D eigenvalue weighted by molar-refractivity contribution is -0.826. The number of alkyl halides is 3. The number of ether oxygens (including phenoxy) is 1. The number of hydrogen-bond acceptors (Lipinski definition) is 7. The highest BCUT2D eigenvalue weighted by Crippen LogP contribution is 2.62. The number of hydrogen-bond donors (Lipinski definition) is 3. The maximum Gasteiger partial charge on any atom is 0.419 e. The van der Waals surface area contributed by atoms with E-state index >= 15 is 0 Å². The Balaban J connectivity index is 1.29. The lowest BCUT2D eigenvalue weighted by Crippen LogP contribution is -3.13. The van der Waals surface area contributed by atoms with Gasteiger partial charge < -0.3 is 20.3 Å². The number of quaternary nitrogens is 1. The van der Waals surface area contributed by atoms with Crippen molar-refractivity contribution < 1.29 is 32.4 Å². The van der Waals surface area contributed by atoms with Crippen LogP contribution in [0.5, 0.6) is 5.75 Å². The summed E-state index contributed by atoms with van der Waals surface area (Å²) in [5.41, 5.74) is 0.0109. The summed E-state index contributed by atoms with van der Waals surface area (Å²) in [5.74, 6) is 0.446. The summed E-state index contributed by atoms with van der Waals surface area (Å²) in [6.45, 7) is 1.85. The predicted molar refractivity (Wildman–Crippen MR) is 155 cm³/mol. The quantitative estimate of drug-likeness (QED) is 0.357. The number of carbonyl (C=O) groups is 2. The van der Waals surface area contributed by atoms with Crippen LogP contribution in [-0.4, -0.2) is 73.6 Å². The van der Waals surface area contributed by atoms with Gasteiger partial charge in [-0.05, 0) is 89.2 Å². The van der Waals surface area contributed by atoms with Crippen LogP contribution in [0.1, 0.15) is 73.0 Å². The van der Waals surface area contributed by atoms with Crippen molar-refractivity contribution in [3.05, 3.63) is 41.2 Å². The maximum absolute atomic E-state index is 13.9. The Morgan fingerprint density at radius 2 is 2.00 bits per heavy atom. The molecule has 9 nitrogen and oxygen atoms in total. The third-order valence-corrected chi connectivity index (χ3v) is 9.76. The van der Waals surface area contributed by atoms with Crippen LogP contribution in [0, 0.1) is 11.3 Å². The number of rotatable bonds is 10. The van der Waals surface area contributed by atoms with E-state index in [1.54, 1.807) is 18.2 Å². The van der Waals surface area contributed by atoms with Crippen molar-refractivity contribution in [3.8, 4) is 5.75 Å². The number of anilines is 2. The summed E-state index contributed by atoms with van der Waals surface area (Å²) in [4.78, 5) is 35.8. The molecule has 5 rings (SSSR count). The Kier molecular flexibility index (Phi) is 9.26. The van der Waals surface area contributed by atoms with Gasteiger partial charge in [0.25, 0.3) is 12.3 Å². The summed E-state index contributed by atoms with van der Waals surface area (Å²) >= 11 is 0. The second-order valence-corrected chi connectivity index (χ2v) is 12.5. The molecule has 4 atom stereocenters. The number of piperidine rings is 1. The van der Waals surface area contributed by atoms with Crippen LogP contribution in [0.25, 0.3) is 0 Å².